The van der Waals surface area contributed by atoms with Crippen LogP contribution in [0.5, 0.6) is 0 Å². The normalized spacial score (nSPS) is 26.0. The number of furan rings is 1. The number of β-amino-alcohol motifs (C(OH)–C–C–N with tert-alkyl or cyclic N) is 1. The van der Waals surface area contributed by atoms with E-state index in [1.165, 1.54) is 0 Å². The van der Waals surface area contributed by atoms with Crippen molar-refractivity contribution in [1.82, 2.24) is 5.32 Å². The topological polar surface area (TPSA) is 45.4 Å². The Hall–Kier alpha value is -0.160. The Bertz CT molecular complexity index is 323. The fourth-order valence-electron chi connectivity index (χ4n) is 1.62. The van der Waals surface area contributed by atoms with E-state index in [0.717, 1.165) is 30.2 Å². The van der Waals surface area contributed by atoms with E-state index in [4.69, 9.17) is 16.0 Å². The van der Waals surface area contributed by atoms with Crippen molar-refractivity contribution in [1.29, 1.82) is 0 Å². The number of halogens is 1. The Kier molecular flexibility index (Phi) is 3.61. The van der Waals surface area contributed by atoms with E-state index < -0.39 is 5.60 Å². The minimum atomic E-state index is -0.541. The molecule has 1 aliphatic heterocycles. The fourth-order valence-corrected chi connectivity index (χ4v) is 2.87. The van der Waals surface area contributed by atoms with Gasteiger partial charge in [-0.05, 0) is 36.7 Å². The first kappa shape index (κ1) is 11.3. The summed E-state index contributed by atoms with van der Waals surface area (Å²) in [5.41, 5.74) is -0.541. The molecule has 2 N–H and O–H groups in total. The number of rotatable bonds is 4. The molecule has 0 radical (unpaired) electrons. The second kappa shape index (κ2) is 4.78. The molecule has 0 amide bonds. The zero-order valence-electron chi connectivity index (χ0n) is 8.33. The van der Waals surface area contributed by atoms with Gasteiger partial charge in [0.15, 0.2) is 5.22 Å². The predicted molar refractivity (Wildman–Crippen MR) is 62.3 cm³/mol. The van der Waals surface area contributed by atoms with E-state index in [-0.39, 0.29) is 0 Å². The van der Waals surface area contributed by atoms with Gasteiger partial charge in [-0.25, -0.2) is 0 Å². The SMILES string of the molecule is OC1(CSCc2ccc(Cl)o2)CCNC1. The summed E-state index contributed by atoms with van der Waals surface area (Å²) in [6.45, 7) is 1.60. The number of aliphatic hydroxyl groups is 1. The molecule has 0 aromatic carbocycles. The third kappa shape index (κ3) is 3.14. The van der Waals surface area contributed by atoms with Gasteiger partial charge in [-0.2, -0.15) is 11.8 Å². The van der Waals surface area contributed by atoms with Gasteiger partial charge in [0.05, 0.1) is 11.4 Å². The fraction of sp³-hybridized carbons (Fsp3) is 0.600. The molecule has 3 nitrogen and oxygen atoms in total. The summed E-state index contributed by atoms with van der Waals surface area (Å²) in [5.74, 6) is 2.35. The van der Waals surface area contributed by atoms with Gasteiger partial charge in [-0.1, -0.05) is 0 Å². The van der Waals surface area contributed by atoms with E-state index in [0.29, 0.717) is 11.8 Å². The van der Waals surface area contributed by atoms with Crippen LogP contribution in [0.15, 0.2) is 16.5 Å². The van der Waals surface area contributed by atoms with Crippen LogP contribution in [-0.2, 0) is 5.75 Å². The molecule has 0 spiro atoms. The maximum atomic E-state index is 10.0. The molecule has 84 valence electrons. The second-order valence-corrected chi connectivity index (χ2v) is 5.21. The minimum absolute atomic E-state index is 0.423. The van der Waals surface area contributed by atoms with Crippen molar-refractivity contribution in [3.8, 4) is 0 Å². The molecule has 1 unspecified atom stereocenters. The molecule has 1 aromatic rings. The number of hydrogen-bond donors (Lipinski definition) is 2. The van der Waals surface area contributed by atoms with E-state index >= 15 is 0 Å². The quantitative estimate of drug-likeness (QED) is 0.853. The minimum Gasteiger partial charge on any atom is -0.449 e. The van der Waals surface area contributed by atoms with Crippen LogP contribution < -0.4 is 5.32 Å². The second-order valence-electron chi connectivity index (χ2n) is 3.85. The lowest BCUT2D eigenvalue weighted by Gasteiger charge is -2.19. The zero-order valence-corrected chi connectivity index (χ0v) is 9.90. The largest absolute Gasteiger partial charge is 0.449 e. The molecular formula is C10H14ClNO2S. The van der Waals surface area contributed by atoms with E-state index in [1.54, 1.807) is 17.8 Å². The average molecular weight is 248 g/mol. The van der Waals surface area contributed by atoms with Gasteiger partial charge in [-0.3, -0.25) is 0 Å². The molecule has 0 bridgehead atoms. The highest BCUT2D eigenvalue weighted by Crippen LogP contribution is 2.24. The van der Waals surface area contributed by atoms with E-state index in [2.05, 4.69) is 5.32 Å². The summed E-state index contributed by atoms with van der Waals surface area (Å²) in [4.78, 5) is 0. The molecule has 0 aliphatic carbocycles. The van der Waals surface area contributed by atoms with Gasteiger partial charge in [0, 0.05) is 12.3 Å². The van der Waals surface area contributed by atoms with Crippen LogP contribution in [0.25, 0.3) is 0 Å². The van der Waals surface area contributed by atoms with Gasteiger partial charge >= 0.3 is 0 Å². The Balaban J connectivity index is 1.75. The molecule has 5 heteroatoms. The summed E-state index contributed by atoms with van der Waals surface area (Å²) in [5, 5.41) is 13.6. The third-order valence-corrected chi connectivity index (χ3v) is 3.90. The van der Waals surface area contributed by atoms with Gasteiger partial charge in [-0.15, -0.1) is 0 Å². The van der Waals surface area contributed by atoms with Gasteiger partial charge in [0.25, 0.3) is 0 Å². The van der Waals surface area contributed by atoms with Crippen molar-refractivity contribution < 1.29 is 9.52 Å². The summed E-state index contributed by atoms with van der Waals surface area (Å²) in [6.07, 6.45) is 0.832. The van der Waals surface area contributed by atoms with Crippen molar-refractivity contribution >= 4 is 23.4 Å². The molecule has 2 heterocycles. The highest BCUT2D eigenvalue weighted by Gasteiger charge is 2.30. The van der Waals surface area contributed by atoms with Crippen molar-refractivity contribution in [2.45, 2.75) is 17.8 Å². The number of hydrogen-bond acceptors (Lipinski definition) is 4. The Labute approximate surface area is 98.2 Å². The van der Waals surface area contributed by atoms with Crippen LogP contribution >= 0.6 is 23.4 Å². The molecule has 1 aromatic heterocycles. The Morgan fingerprint density at radius 3 is 3.07 bits per heavy atom. The summed E-state index contributed by atoms with van der Waals surface area (Å²) < 4.78 is 5.23. The molecule has 1 fully saturated rings. The van der Waals surface area contributed by atoms with Crippen LogP contribution in [0.3, 0.4) is 0 Å². The highest BCUT2D eigenvalue weighted by atomic mass is 35.5. The first-order chi connectivity index (χ1) is 7.18. The van der Waals surface area contributed by atoms with Crippen LogP contribution in [0.1, 0.15) is 12.2 Å². The van der Waals surface area contributed by atoms with Crippen molar-refractivity contribution in [3.05, 3.63) is 23.1 Å². The molecule has 1 atom stereocenters. The third-order valence-electron chi connectivity index (χ3n) is 2.47. The van der Waals surface area contributed by atoms with E-state index in [1.807, 2.05) is 6.07 Å². The average Bonchev–Trinajstić information content (AvgIpc) is 2.76. The molecule has 15 heavy (non-hydrogen) atoms. The number of nitrogens with one attached hydrogen (secondary N) is 1. The van der Waals surface area contributed by atoms with Crippen LogP contribution in [0.4, 0.5) is 0 Å². The van der Waals surface area contributed by atoms with Crippen molar-refractivity contribution in [2.24, 2.45) is 0 Å². The lowest BCUT2D eigenvalue weighted by Crippen LogP contribution is -2.34. The zero-order chi connectivity index (χ0) is 10.7. The molecule has 1 aliphatic rings. The first-order valence-corrected chi connectivity index (χ1v) is 6.46. The summed E-state index contributed by atoms with van der Waals surface area (Å²) in [6, 6.07) is 3.61. The molecule has 0 saturated carbocycles. The summed E-state index contributed by atoms with van der Waals surface area (Å²) >= 11 is 7.33. The maximum absolute atomic E-state index is 10.0. The van der Waals surface area contributed by atoms with Gasteiger partial charge in [0.1, 0.15) is 5.76 Å². The van der Waals surface area contributed by atoms with Crippen LogP contribution in [0.2, 0.25) is 5.22 Å². The number of thioether (sulfide) groups is 1. The summed E-state index contributed by atoms with van der Waals surface area (Å²) in [7, 11) is 0. The Morgan fingerprint density at radius 1 is 1.60 bits per heavy atom. The van der Waals surface area contributed by atoms with Crippen molar-refractivity contribution in [3.63, 3.8) is 0 Å². The molecular weight excluding hydrogens is 234 g/mol. The highest BCUT2D eigenvalue weighted by molar-refractivity contribution is 7.98. The monoisotopic (exact) mass is 247 g/mol. The van der Waals surface area contributed by atoms with E-state index in [9.17, 15) is 5.11 Å². The van der Waals surface area contributed by atoms with Gasteiger partial charge in [0.2, 0.25) is 0 Å². The van der Waals surface area contributed by atoms with Crippen molar-refractivity contribution in [2.75, 3.05) is 18.8 Å². The smallest absolute Gasteiger partial charge is 0.193 e. The van der Waals surface area contributed by atoms with Gasteiger partial charge < -0.3 is 14.8 Å². The standard InChI is InChI=1S/C10H14ClNO2S/c11-9-2-1-8(14-9)5-15-7-10(13)3-4-12-6-10/h1-2,12-13H,3-7H2. The lowest BCUT2D eigenvalue weighted by molar-refractivity contribution is 0.0871. The maximum Gasteiger partial charge on any atom is 0.193 e. The predicted octanol–water partition coefficient (Wildman–Crippen LogP) is 1.89. The molecule has 2 rings (SSSR count). The van der Waals surface area contributed by atoms with Crippen LogP contribution in [0, 0.1) is 0 Å². The van der Waals surface area contributed by atoms with Crippen LogP contribution in [-0.4, -0.2) is 29.5 Å². The Morgan fingerprint density at radius 2 is 2.47 bits per heavy atom. The first-order valence-electron chi connectivity index (χ1n) is 4.93. The molecule has 1 saturated heterocycles. The lowest BCUT2D eigenvalue weighted by atomic mass is 10.1.